The topological polar surface area (TPSA) is 118 Å². The molecular formula is C6H14Ca2Cl2O6. The second-order valence-electron chi connectivity index (χ2n) is 2.36. The van der Waals surface area contributed by atoms with Crippen LogP contribution in [-0.2, 0) is 4.79 Å². The van der Waals surface area contributed by atoms with Crippen LogP contribution in [0.1, 0.15) is 2.85 Å². The van der Waals surface area contributed by atoms with Crippen molar-refractivity contribution >= 4 is 81.8 Å². The van der Waals surface area contributed by atoms with Crippen molar-refractivity contribution in [3.63, 3.8) is 0 Å². The van der Waals surface area contributed by atoms with E-state index in [2.05, 4.69) is 0 Å². The van der Waals surface area contributed by atoms with Gasteiger partial charge >= 0.3 is 75.5 Å². The number of hydrogen-bond acceptors (Lipinski definition) is 6. The summed E-state index contributed by atoms with van der Waals surface area (Å²) >= 11 is 0. The molecule has 0 saturated carbocycles. The summed E-state index contributed by atoms with van der Waals surface area (Å²) in [5, 5.41) is 43.5. The van der Waals surface area contributed by atoms with Crippen molar-refractivity contribution in [2.75, 3.05) is 6.61 Å². The maximum absolute atomic E-state index is 9.90. The normalized spacial score (nSPS) is 15.8. The minimum atomic E-state index is -1.79. The van der Waals surface area contributed by atoms with Gasteiger partial charge in [0.05, 0.1) is 6.61 Å². The van der Waals surface area contributed by atoms with Crippen molar-refractivity contribution in [3.8, 4) is 0 Å². The van der Waals surface area contributed by atoms with E-state index in [0.29, 0.717) is 0 Å². The van der Waals surface area contributed by atoms with Gasteiger partial charge in [-0.2, -0.15) is 0 Å². The fourth-order valence-electron chi connectivity index (χ4n) is 0.618. The first-order chi connectivity index (χ1) is 5.54. The SMILES string of the molecule is O=C[C@H](O)[C@@H](O)[C@H](O)[C@H](O)CO.[Ca+2].[Ca+2].[Cl-].[Cl-].[H-].[H-]. The number of halogens is 2. The van der Waals surface area contributed by atoms with Crippen LogP contribution < -0.4 is 24.8 Å². The molecule has 0 bridgehead atoms. The van der Waals surface area contributed by atoms with Crippen LogP contribution in [0.15, 0.2) is 0 Å². The molecule has 0 amide bonds. The van der Waals surface area contributed by atoms with Crippen LogP contribution in [0.3, 0.4) is 0 Å². The van der Waals surface area contributed by atoms with E-state index in [1.165, 1.54) is 0 Å². The van der Waals surface area contributed by atoms with Crippen LogP contribution in [0.5, 0.6) is 0 Å². The fourth-order valence-corrected chi connectivity index (χ4v) is 0.618. The standard InChI is InChI=1S/C6H12O6.2Ca.2ClH.2H/c7-1-3(9)5(11)6(12)4(10)2-8;;;;;;/h1,3-6,8-12H,2H2;;;2*1H;;/q;2*+2;;;2*-1/p-2/t3-,4+,5+,6+;;;;;;/m0....../s1. The summed E-state index contributed by atoms with van der Waals surface area (Å²) in [6, 6.07) is 0. The molecule has 0 unspecified atom stereocenters. The maximum Gasteiger partial charge on any atom is 2.00 e. The molecule has 0 aromatic carbocycles. The smallest absolute Gasteiger partial charge is 1.00 e. The van der Waals surface area contributed by atoms with Crippen LogP contribution in [0.2, 0.25) is 0 Å². The number of rotatable bonds is 5. The molecule has 0 spiro atoms. The molecule has 0 aromatic heterocycles. The Hall–Kier alpha value is 2.57. The van der Waals surface area contributed by atoms with E-state index in [4.69, 9.17) is 25.5 Å². The van der Waals surface area contributed by atoms with Gasteiger partial charge in [0.15, 0.2) is 6.29 Å². The van der Waals surface area contributed by atoms with Gasteiger partial charge in [-0.3, -0.25) is 0 Å². The molecule has 0 heterocycles. The first-order valence-electron chi connectivity index (χ1n) is 3.33. The van der Waals surface area contributed by atoms with Gasteiger partial charge in [0.1, 0.15) is 24.4 Å². The fraction of sp³-hybridized carbons (Fsp3) is 0.833. The first-order valence-corrected chi connectivity index (χ1v) is 3.33. The van der Waals surface area contributed by atoms with Gasteiger partial charge in [-0.25, -0.2) is 0 Å². The number of carbonyl (C=O) groups excluding carboxylic acids is 1. The Kier molecular flexibility index (Phi) is 34.2. The molecule has 0 aliphatic heterocycles. The molecule has 0 rings (SSSR count). The Balaban J connectivity index is -0.0000000403. The molecule has 4 atom stereocenters. The van der Waals surface area contributed by atoms with Gasteiger partial charge in [-0.15, -0.1) is 0 Å². The summed E-state index contributed by atoms with van der Waals surface area (Å²) < 4.78 is 0. The minimum Gasteiger partial charge on any atom is -1.00 e. The van der Waals surface area contributed by atoms with Crippen molar-refractivity contribution in [1.29, 1.82) is 0 Å². The Labute approximate surface area is 168 Å². The van der Waals surface area contributed by atoms with Gasteiger partial charge in [0.2, 0.25) is 0 Å². The first kappa shape index (κ1) is 31.1. The predicted octanol–water partition coefficient (Wildman–Crippen LogP) is -9.91. The molecule has 0 saturated heterocycles. The Morgan fingerprint density at radius 1 is 1.00 bits per heavy atom. The molecule has 0 aliphatic rings. The van der Waals surface area contributed by atoms with Gasteiger partial charge in [-0.1, -0.05) is 0 Å². The molecule has 16 heavy (non-hydrogen) atoms. The molecule has 0 fully saturated rings. The molecule has 0 aromatic rings. The molecule has 92 valence electrons. The van der Waals surface area contributed by atoms with E-state index >= 15 is 0 Å². The van der Waals surface area contributed by atoms with E-state index < -0.39 is 31.0 Å². The van der Waals surface area contributed by atoms with Gasteiger partial charge < -0.3 is 58.0 Å². The van der Waals surface area contributed by atoms with E-state index in [0.717, 1.165) is 0 Å². The summed E-state index contributed by atoms with van der Waals surface area (Å²) in [6.07, 6.45) is -6.84. The third kappa shape index (κ3) is 11.6. The zero-order chi connectivity index (χ0) is 9.72. The van der Waals surface area contributed by atoms with E-state index in [-0.39, 0.29) is 109 Å². The number of hydrogen-bond donors (Lipinski definition) is 5. The monoisotopic (exact) mass is 332 g/mol. The van der Waals surface area contributed by atoms with Crippen LogP contribution in [0.25, 0.3) is 0 Å². The van der Waals surface area contributed by atoms with Crippen LogP contribution >= 0.6 is 0 Å². The summed E-state index contributed by atoms with van der Waals surface area (Å²) in [6.45, 7) is -0.760. The minimum absolute atomic E-state index is 0. The third-order valence-electron chi connectivity index (χ3n) is 1.42. The average molecular weight is 333 g/mol. The molecular weight excluding hydrogens is 319 g/mol. The summed E-state index contributed by atoms with van der Waals surface area (Å²) in [5.41, 5.74) is 0. The van der Waals surface area contributed by atoms with Crippen molar-refractivity contribution < 1.29 is 58.0 Å². The zero-order valence-electron chi connectivity index (χ0n) is 10.4. The predicted molar refractivity (Wildman–Crippen MR) is 50.9 cm³/mol. The van der Waals surface area contributed by atoms with E-state index in [1.54, 1.807) is 0 Å². The Morgan fingerprint density at radius 3 is 1.62 bits per heavy atom. The van der Waals surface area contributed by atoms with Gasteiger partial charge in [0, 0.05) is 0 Å². The molecule has 6 nitrogen and oxygen atoms in total. The molecule has 5 N–H and O–H groups in total. The number of aliphatic hydroxyl groups is 5. The summed E-state index contributed by atoms with van der Waals surface area (Å²) in [7, 11) is 0. The number of aliphatic hydroxyl groups excluding tert-OH is 5. The third-order valence-corrected chi connectivity index (χ3v) is 1.42. The molecule has 0 aliphatic carbocycles. The second kappa shape index (κ2) is 17.6. The number of aldehydes is 1. The average Bonchev–Trinajstić information content (AvgIpc) is 2.12. The Bertz CT molecular complexity index is 164. The zero-order valence-corrected chi connectivity index (χ0v) is 14.3. The van der Waals surface area contributed by atoms with Gasteiger partial charge in [-0.05, 0) is 0 Å². The largest absolute Gasteiger partial charge is 2.00 e. The van der Waals surface area contributed by atoms with Crippen molar-refractivity contribution in [3.05, 3.63) is 0 Å². The maximum atomic E-state index is 9.90. The van der Waals surface area contributed by atoms with Crippen molar-refractivity contribution in [2.45, 2.75) is 24.4 Å². The molecule has 10 heteroatoms. The van der Waals surface area contributed by atoms with Crippen LogP contribution in [-0.4, -0.2) is 138 Å². The summed E-state index contributed by atoms with van der Waals surface area (Å²) in [5.74, 6) is 0. The van der Waals surface area contributed by atoms with Crippen molar-refractivity contribution in [1.82, 2.24) is 0 Å². The van der Waals surface area contributed by atoms with Crippen LogP contribution in [0, 0.1) is 0 Å². The van der Waals surface area contributed by atoms with E-state index in [1.807, 2.05) is 0 Å². The van der Waals surface area contributed by atoms with Crippen molar-refractivity contribution in [2.24, 2.45) is 0 Å². The van der Waals surface area contributed by atoms with E-state index in [9.17, 15) is 4.79 Å². The van der Waals surface area contributed by atoms with Crippen LogP contribution in [0.4, 0.5) is 0 Å². The summed E-state index contributed by atoms with van der Waals surface area (Å²) in [4.78, 5) is 9.90. The Morgan fingerprint density at radius 2 is 1.38 bits per heavy atom. The molecule has 0 radical (unpaired) electrons. The van der Waals surface area contributed by atoms with Gasteiger partial charge in [0.25, 0.3) is 0 Å². The quantitative estimate of drug-likeness (QED) is 0.252. The second-order valence-corrected chi connectivity index (χ2v) is 2.36. The number of carbonyl (C=O) groups is 1.